The van der Waals surface area contributed by atoms with Crippen LogP contribution in [0.4, 0.5) is 0 Å². The van der Waals surface area contributed by atoms with Crippen molar-refractivity contribution in [2.24, 2.45) is 0 Å². The minimum absolute atomic E-state index is 0.0246. The zero-order valence-electron chi connectivity index (χ0n) is 8.93. The van der Waals surface area contributed by atoms with E-state index in [1.54, 1.807) is 7.11 Å². The normalized spacial score (nSPS) is 10.1. The number of aromatic nitrogens is 2. The lowest BCUT2D eigenvalue weighted by molar-refractivity contribution is 0.108. The maximum atomic E-state index is 10.4. The van der Waals surface area contributed by atoms with Crippen molar-refractivity contribution in [1.82, 2.24) is 10.1 Å². The summed E-state index contributed by atoms with van der Waals surface area (Å²) in [6.45, 7) is 1.92. The predicted molar refractivity (Wildman–Crippen MR) is 56.4 cm³/mol. The van der Waals surface area contributed by atoms with Crippen molar-refractivity contribution in [3.8, 4) is 17.1 Å². The van der Waals surface area contributed by atoms with E-state index in [1.165, 1.54) is 0 Å². The van der Waals surface area contributed by atoms with Gasteiger partial charge in [0.1, 0.15) is 5.75 Å². The summed E-state index contributed by atoms with van der Waals surface area (Å²) < 4.78 is 9.85. The Labute approximate surface area is 92.0 Å². The monoisotopic (exact) mass is 218 g/mol. The number of nitrogens with zero attached hydrogens (tertiary/aromatic N) is 2. The average Bonchev–Trinajstić information content (AvgIpc) is 2.77. The summed E-state index contributed by atoms with van der Waals surface area (Å²) in [6.07, 6.45) is 0.521. The molecule has 0 amide bonds. The molecule has 0 atom stereocenters. The molecule has 5 heteroatoms. The summed E-state index contributed by atoms with van der Waals surface area (Å²) in [6, 6.07) is 5.51. The minimum atomic E-state index is -0.0246. The van der Waals surface area contributed by atoms with E-state index in [4.69, 9.17) is 9.26 Å². The fraction of sp³-hybridized carbons (Fsp3) is 0.182. The number of carbonyl (C=O) groups excluding carboxylic acids is 1. The molecule has 0 bridgehead atoms. The van der Waals surface area contributed by atoms with Gasteiger partial charge in [-0.05, 0) is 30.7 Å². The smallest absolute Gasteiger partial charge is 0.291 e. The third-order valence-corrected chi connectivity index (χ3v) is 2.20. The molecule has 82 valence electrons. The lowest BCUT2D eigenvalue weighted by Gasteiger charge is -2.04. The molecule has 0 fully saturated rings. The SMILES string of the molecule is COc1ccc(-c2noc(C=O)n2)cc1C. The van der Waals surface area contributed by atoms with Crippen LogP contribution in [0.25, 0.3) is 11.4 Å². The number of rotatable bonds is 3. The molecule has 0 unspecified atom stereocenters. The number of carbonyl (C=O) groups is 1. The van der Waals surface area contributed by atoms with Crippen molar-refractivity contribution in [1.29, 1.82) is 0 Å². The summed E-state index contributed by atoms with van der Waals surface area (Å²) in [5.74, 6) is 1.17. The summed E-state index contributed by atoms with van der Waals surface area (Å²) in [7, 11) is 1.61. The highest BCUT2D eigenvalue weighted by atomic mass is 16.5. The van der Waals surface area contributed by atoms with Crippen LogP contribution in [-0.2, 0) is 0 Å². The third kappa shape index (κ3) is 1.79. The Hall–Kier alpha value is -2.17. The highest BCUT2D eigenvalue weighted by Crippen LogP contribution is 2.23. The Morgan fingerprint density at radius 2 is 2.25 bits per heavy atom. The van der Waals surface area contributed by atoms with Crippen LogP contribution in [0.5, 0.6) is 5.75 Å². The van der Waals surface area contributed by atoms with E-state index in [0.29, 0.717) is 12.1 Å². The number of hydrogen-bond acceptors (Lipinski definition) is 5. The molecule has 0 aliphatic rings. The fourth-order valence-electron chi connectivity index (χ4n) is 1.42. The highest BCUT2D eigenvalue weighted by molar-refractivity contribution is 5.69. The fourth-order valence-corrected chi connectivity index (χ4v) is 1.42. The molecule has 0 saturated heterocycles. The van der Waals surface area contributed by atoms with E-state index < -0.39 is 0 Å². The lowest BCUT2D eigenvalue weighted by Crippen LogP contribution is -1.88. The average molecular weight is 218 g/mol. The van der Waals surface area contributed by atoms with E-state index >= 15 is 0 Å². The maximum Gasteiger partial charge on any atom is 0.291 e. The highest BCUT2D eigenvalue weighted by Gasteiger charge is 2.09. The topological polar surface area (TPSA) is 65.2 Å². The number of methoxy groups -OCH3 is 1. The Morgan fingerprint density at radius 3 is 2.81 bits per heavy atom. The summed E-state index contributed by atoms with van der Waals surface area (Å²) in [5, 5.41) is 3.70. The van der Waals surface area contributed by atoms with Gasteiger partial charge >= 0.3 is 0 Å². The zero-order chi connectivity index (χ0) is 11.5. The van der Waals surface area contributed by atoms with Gasteiger partial charge < -0.3 is 9.26 Å². The quantitative estimate of drug-likeness (QED) is 0.736. The van der Waals surface area contributed by atoms with Gasteiger partial charge in [0.15, 0.2) is 0 Å². The second-order valence-electron chi connectivity index (χ2n) is 3.26. The van der Waals surface area contributed by atoms with Gasteiger partial charge in [0.2, 0.25) is 12.1 Å². The van der Waals surface area contributed by atoms with Gasteiger partial charge in [0, 0.05) is 5.56 Å². The third-order valence-electron chi connectivity index (χ3n) is 2.20. The Bertz CT molecular complexity index is 520. The molecule has 2 rings (SSSR count). The second-order valence-corrected chi connectivity index (χ2v) is 3.26. The number of hydrogen-bond donors (Lipinski definition) is 0. The molecule has 0 aliphatic heterocycles. The number of aldehydes is 1. The Balaban J connectivity index is 2.40. The molecular formula is C11H10N2O3. The van der Waals surface area contributed by atoms with Crippen molar-refractivity contribution in [2.75, 3.05) is 7.11 Å². The number of aryl methyl sites for hydroxylation is 1. The standard InChI is InChI=1S/C11H10N2O3/c1-7-5-8(3-4-9(7)15-2)11-12-10(6-14)16-13-11/h3-6H,1-2H3. The largest absolute Gasteiger partial charge is 0.496 e. The van der Waals surface area contributed by atoms with Crippen LogP contribution >= 0.6 is 0 Å². The zero-order valence-corrected chi connectivity index (χ0v) is 8.93. The molecule has 0 aliphatic carbocycles. The summed E-state index contributed by atoms with van der Waals surface area (Å²) in [5.41, 5.74) is 1.76. The number of benzene rings is 1. The first-order valence-corrected chi connectivity index (χ1v) is 4.68. The molecular weight excluding hydrogens is 208 g/mol. The molecule has 16 heavy (non-hydrogen) atoms. The van der Waals surface area contributed by atoms with Crippen LogP contribution < -0.4 is 4.74 Å². The lowest BCUT2D eigenvalue weighted by atomic mass is 10.1. The van der Waals surface area contributed by atoms with Gasteiger partial charge in [0.05, 0.1) is 7.11 Å². The van der Waals surface area contributed by atoms with Gasteiger partial charge in [-0.15, -0.1) is 0 Å². The van der Waals surface area contributed by atoms with Crippen molar-refractivity contribution in [3.05, 3.63) is 29.7 Å². The first-order chi connectivity index (χ1) is 7.74. The molecule has 0 spiro atoms. The molecule has 0 N–H and O–H groups in total. The molecule has 2 aromatic rings. The molecule has 0 saturated carbocycles. The van der Waals surface area contributed by atoms with Gasteiger partial charge in [0.25, 0.3) is 5.89 Å². The van der Waals surface area contributed by atoms with Crippen LogP contribution in [0.3, 0.4) is 0 Å². The first-order valence-electron chi connectivity index (χ1n) is 4.68. The first kappa shape index (κ1) is 10.4. The van der Waals surface area contributed by atoms with Crippen LogP contribution in [0.1, 0.15) is 16.2 Å². The molecule has 1 aromatic carbocycles. The van der Waals surface area contributed by atoms with E-state index in [1.807, 2.05) is 25.1 Å². The van der Waals surface area contributed by atoms with E-state index in [2.05, 4.69) is 10.1 Å². The van der Waals surface area contributed by atoms with Crippen molar-refractivity contribution < 1.29 is 14.1 Å². The van der Waals surface area contributed by atoms with Crippen LogP contribution in [0, 0.1) is 6.92 Å². The van der Waals surface area contributed by atoms with Crippen LogP contribution in [0.15, 0.2) is 22.7 Å². The Morgan fingerprint density at radius 1 is 1.44 bits per heavy atom. The van der Waals surface area contributed by atoms with E-state index in [-0.39, 0.29) is 5.89 Å². The maximum absolute atomic E-state index is 10.4. The van der Waals surface area contributed by atoms with E-state index in [9.17, 15) is 4.79 Å². The van der Waals surface area contributed by atoms with Gasteiger partial charge in [-0.1, -0.05) is 5.16 Å². The summed E-state index contributed by atoms with van der Waals surface area (Å²) in [4.78, 5) is 14.3. The van der Waals surface area contributed by atoms with Gasteiger partial charge in [-0.25, -0.2) is 0 Å². The molecule has 5 nitrogen and oxygen atoms in total. The van der Waals surface area contributed by atoms with Crippen LogP contribution in [-0.4, -0.2) is 23.5 Å². The molecule has 1 heterocycles. The van der Waals surface area contributed by atoms with Crippen molar-refractivity contribution in [3.63, 3.8) is 0 Å². The predicted octanol–water partition coefficient (Wildman–Crippen LogP) is 1.87. The van der Waals surface area contributed by atoms with Crippen LogP contribution in [0.2, 0.25) is 0 Å². The van der Waals surface area contributed by atoms with Crippen molar-refractivity contribution in [2.45, 2.75) is 6.92 Å². The molecule has 1 aromatic heterocycles. The number of ether oxygens (including phenoxy) is 1. The Kier molecular flexibility index (Phi) is 2.68. The summed E-state index contributed by atoms with van der Waals surface area (Å²) >= 11 is 0. The molecule has 0 radical (unpaired) electrons. The second kappa shape index (κ2) is 4.14. The minimum Gasteiger partial charge on any atom is -0.496 e. The van der Waals surface area contributed by atoms with Gasteiger partial charge in [-0.3, -0.25) is 4.79 Å². The van der Waals surface area contributed by atoms with Crippen molar-refractivity contribution >= 4 is 6.29 Å². The van der Waals surface area contributed by atoms with E-state index in [0.717, 1.165) is 16.9 Å². The van der Waals surface area contributed by atoms with Gasteiger partial charge in [-0.2, -0.15) is 4.98 Å².